The molecular weight excluding hydrogens is 206 g/mol. The van der Waals surface area contributed by atoms with Crippen molar-refractivity contribution in [2.75, 3.05) is 0 Å². The van der Waals surface area contributed by atoms with Crippen LogP contribution in [0.2, 0.25) is 0 Å². The first-order valence-corrected chi connectivity index (χ1v) is 5.71. The van der Waals surface area contributed by atoms with Gasteiger partial charge in [0.2, 0.25) is 0 Å². The Morgan fingerprint density at radius 1 is 1.38 bits per heavy atom. The van der Waals surface area contributed by atoms with Crippen LogP contribution < -0.4 is 0 Å². The molecule has 1 rings (SSSR count). The second kappa shape index (κ2) is 1.39. The van der Waals surface area contributed by atoms with E-state index in [-0.39, 0.29) is 0 Å². The van der Waals surface area contributed by atoms with Gasteiger partial charge in [0.25, 0.3) is 0 Å². The molecule has 1 saturated heterocycles. The molecule has 0 saturated carbocycles. The van der Waals surface area contributed by atoms with Crippen molar-refractivity contribution < 1.29 is 24.3 Å². The maximum atomic E-state index is 9.84. The molecule has 0 amide bonds. The standard InChI is InChI=1S/HO6PSe/c1-7(2)5-8(3,4)6-7/h(H,1,2). The Balaban J connectivity index is 2.84. The minimum absolute atomic E-state index is 3.45. The molecule has 0 bridgehead atoms. The summed E-state index contributed by atoms with van der Waals surface area (Å²) in [4.78, 5) is 8.00. The summed E-state index contributed by atoms with van der Waals surface area (Å²) < 4.78 is 36.3. The molecule has 8 heteroatoms. The summed E-state index contributed by atoms with van der Waals surface area (Å²) >= 11 is -4.75. The van der Waals surface area contributed by atoms with Crippen LogP contribution in [0.4, 0.5) is 0 Å². The van der Waals surface area contributed by atoms with Gasteiger partial charge in [0.05, 0.1) is 0 Å². The molecule has 0 spiro atoms. The Morgan fingerprint density at radius 3 is 1.75 bits per heavy atom. The summed E-state index contributed by atoms with van der Waals surface area (Å²) in [7, 11) is -4.14. The van der Waals surface area contributed by atoms with Crippen molar-refractivity contribution in [3.63, 3.8) is 0 Å². The first-order chi connectivity index (χ1) is 3.41. The Hall–Kier alpha value is 0.229. The van der Waals surface area contributed by atoms with Gasteiger partial charge in [-0.2, -0.15) is 0 Å². The fourth-order valence-corrected chi connectivity index (χ4v) is 3.68. The van der Waals surface area contributed by atoms with Crippen LogP contribution in [0.25, 0.3) is 0 Å². The quantitative estimate of drug-likeness (QED) is 0.422. The van der Waals surface area contributed by atoms with Gasteiger partial charge in [-0.15, -0.1) is 0 Å². The van der Waals surface area contributed by atoms with E-state index in [9.17, 15) is 12.2 Å². The van der Waals surface area contributed by atoms with Crippen molar-refractivity contribution in [2.45, 2.75) is 0 Å². The Labute approximate surface area is 46.3 Å². The van der Waals surface area contributed by atoms with Gasteiger partial charge in [-0.1, -0.05) is 0 Å². The second-order valence-corrected chi connectivity index (χ2v) is 5.85. The summed E-state index contributed by atoms with van der Waals surface area (Å²) in [6.07, 6.45) is 0. The van der Waals surface area contributed by atoms with Gasteiger partial charge in [0, 0.05) is 0 Å². The predicted molar refractivity (Wildman–Crippen MR) is 19.1 cm³/mol. The van der Waals surface area contributed by atoms with Crippen molar-refractivity contribution in [3.05, 3.63) is 0 Å². The average molecular weight is 207 g/mol. The fraction of sp³-hybridized carbons (Fsp3) is 0. The number of rotatable bonds is 0. The van der Waals surface area contributed by atoms with E-state index in [1.165, 1.54) is 0 Å². The molecule has 1 N–H and O–H groups in total. The molecule has 0 atom stereocenters. The molecule has 48 valence electrons. The van der Waals surface area contributed by atoms with E-state index in [1.54, 1.807) is 0 Å². The van der Waals surface area contributed by atoms with Gasteiger partial charge < -0.3 is 0 Å². The van der Waals surface area contributed by atoms with Crippen LogP contribution in [0.5, 0.6) is 0 Å². The van der Waals surface area contributed by atoms with Gasteiger partial charge in [0.15, 0.2) is 0 Å². The van der Waals surface area contributed by atoms with Crippen LogP contribution in [0.15, 0.2) is 0 Å². The van der Waals surface area contributed by atoms with Crippen molar-refractivity contribution in [1.29, 1.82) is 0 Å². The summed E-state index contributed by atoms with van der Waals surface area (Å²) in [5, 5.41) is 0. The fourth-order valence-electron chi connectivity index (χ4n) is 0.236. The molecule has 1 aliphatic rings. The molecule has 8 heavy (non-hydrogen) atoms. The maximum absolute atomic E-state index is 9.84. The molecule has 0 aliphatic carbocycles. The molecule has 1 fully saturated rings. The van der Waals surface area contributed by atoms with Crippen molar-refractivity contribution in [2.24, 2.45) is 0 Å². The van der Waals surface area contributed by atoms with Crippen molar-refractivity contribution >= 4 is 21.2 Å². The molecule has 0 unspecified atom stereocenters. The minimum atomic E-state index is -4.75. The van der Waals surface area contributed by atoms with Crippen LogP contribution in [0.1, 0.15) is 0 Å². The summed E-state index contributed by atoms with van der Waals surface area (Å²) in [5.74, 6) is 0. The zero-order valence-electron chi connectivity index (χ0n) is 3.34. The van der Waals surface area contributed by atoms with Crippen molar-refractivity contribution in [3.8, 4) is 0 Å². The van der Waals surface area contributed by atoms with E-state index in [1.807, 2.05) is 0 Å². The summed E-state index contributed by atoms with van der Waals surface area (Å²) in [5.41, 5.74) is 0. The van der Waals surface area contributed by atoms with Gasteiger partial charge in [-0.3, -0.25) is 0 Å². The predicted octanol–water partition coefficient (Wildman–Crippen LogP) is -0.570. The molecule has 6 nitrogen and oxygen atoms in total. The van der Waals surface area contributed by atoms with E-state index < -0.39 is 21.2 Å². The second-order valence-electron chi connectivity index (χ2n) is 1.03. The Bertz CT molecular complexity index is 217. The molecule has 0 aromatic carbocycles. The van der Waals surface area contributed by atoms with Gasteiger partial charge in [-0.25, -0.2) is 0 Å². The van der Waals surface area contributed by atoms with E-state index in [0.29, 0.717) is 0 Å². The SMILES string of the molecule is O=P1(O)O[Se](=O)(=O)O1. The zero-order valence-corrected chi connectivity index (χ0v) is 5.95. The normalized spacial score (nSPS) is 31.1. The zero-order chi connectivity index (χ0) is 6.41. The van der Waals surface area contributed by atoms with Gasteiger partial charge in [0.1, 0.15) is 0 Å². The number of phosphoric acid groups is 1. The van der Waals surface area contributed by atoms with E-state index >= 15 is 0 Å². The van der Waals surface area contributed by atoms with Crippen LogP contribution in [-0.2, 0) is 19.4 Å². The van der Waals surface area contributed by atoms with Crippen LogP contribution in [-0.4, -0.2) is 18.3 Å². The molecule has 0 aromatic rings. The molecule has 0 radical (unpaired) electrons. The Morgan fingerprint density at radius 2 is 1.75 bits per heavy atom. The first kappa shape index (κ1) is 6.35. The van der Waals surface area contributed by atoms with Crippen molar-refractivity contribution in [1.82, 2.24) is 0 Å². The van der Waals surface area contributed by atoms with Crippen LogP contribution >= 0.6 is 7.82 Å². The molecule has 0 aromatic heterocycles. The van der Waals surface area contributed by atoms with Gasteiger partial charge in [-0.05, 0) is 0 Å². The van der Waals surface area contributed by atoms with Gasteiger partial charge >= 0.3 is 45.5 Å². The summed E-state index contributed by atoms with van der Waals surface area (Å²) in [6.45, 7) is 0. The molecule has 1 aliphatic heterocycles. The topological polar surface area (TPSA) is 89.9 Å². The van der Waals surface area contributed by atoms with Crippen LogP contribution in [0.3, 0.4) is 0 Å². The average Bonchev–Trinajstić information content (AvgIpc) is 1.20. The molecular formula is HO6PSe. The molecule has 1 heterocycles. The third-order valence-corrected chi connectivity index (χ3v) is 5.78. The van der Waals surface area contributed by atoms with E-state index in [4.69, 9.17) is 4.89 Å². The number of hydrogen-bond acceptors (Lipinski definition) is 5. The van der Waals surface area contributed by atoms with Crippen LogP contribution in [0, 0.1) is 0 Å². The monoisotopic (exact) mass is 208 g/mol. The van der Waals surface area contributed by atoms with E-state index in [0.717, 1.165) is 0 Å². The number of hydrogen-bond donors (Lipinski definition) is 1. The summed E-state index contributed by atoms with van der Waals surface area (Å²) in [6, 6.07) is 0. The third kappa shape index (κ3) is 1.14. The van der Waals surface area contributed by atoms with E-state index in [2.05, 4.69) is 7.21 Å². The Kier molecular flexibility index (Phi) is 1.10. The first-order valence-electron chi connectivity index (χ1n) is 1.41. The third-order valence-electron chi connectivity index (χ3n) is 0.371.